The molecule has 2 rings (SSSR count). The van der Waals surface area contributed by atoms with Gasteiger partial charge in [-0.05, 0) is 37.9 Å². The fourth-order valence-electron chi connectivity index (χ4n) is 2.17. The number of para-hydroxylation sites is 1. The summed E-state index contributed by atoms with van der Waals surface area (Å²) < 4.78 is 6.08. The minimum atomic E-state index is 0.215. The smallest absolute Gasteiger partial charge is 0.130 e. The van der Waals surface area contributed by atoms with Crippen molar-refractivity contribution in [2.24, 2.45) is 5.92 Å². The summed E-state index contributed by atoms with van der Waals surface area (Å²) in [7, 11) is 0. The van der Waals surface area contributed by atoms with Crippen LogP contribution in [0, 0.1) is 5.92 Å². The standard InChI is InChI=1S/C18H26N2O/c1-5-14(4)21-18-10-15(12-19-11-13(2)3)20-17-9-7-6-8-16(17)18/h6-10,13-14,19H,5,11-12H2,1-4H3. The van der Waals surface area contributed by atoms with E-state index >= 15 is 0 Å². The normalized spacial score (nSPS) is 12.8. The van der Waals surface area contributed by atoms with Crippen LogP contribution in [0.5, 0.6) is 5.75 Å². The average Bonchev–Trinajstić information content (AvgIpc) is 2.46. The van der Waals surface area contributed by atoms with Gasteiger partial charge in [-0.25, -0.2) is 0 Å². The van der Waals surface area contributed by atoms with Gasteiger partial charge in [-0.15, -0.1) is 0 Å². The van der Waals surface area contributed by atoms with Gasteiger partial charge in [-0.2, -0.15) is 0 Å². The number of benzene rings is 1. The lowest BCUT2D eigenvalue weighted by atomic mass is 10.1. The van der Waals surface area contributed by atoms with E-state index in [1.54, 1.807) is 0 Å². The lowest BCUT2D eigenvalue weighted by Gasteiger charge is -2.16. The molecule has 21 heavy (non-hydrogen) atoms. The monoisotopic (exact) mass is 286 g/mol. The summed E-state index contributed by atoms with van der Waals surface area (Å²) in [5.74, 6) is 1.58. The Bertz CT molecular complexity index is 580. The van der Waals surface area contributed by atoms with E-state index in [1.165, 1.54) is 0 Å². The van der Waals surface area contributed by atoms with Gasteiger partial charge in [0, 0.05) is 18.0 Å². The Hall–Kier alpha value is -1.61. The number of nitrogens with one attached hydrogen (secondary N) is 1. The summed E-state index contributed by atoms with van der Waals surface area (Å²) in [5, 5.41) is 4.53. The van der Waals surface area contributed by atoms with E-state index in [-0.39, 0.29) is 6.10 Å². The molecule has 0 saturated carbocycles. The van der Waals surface area contributed by atoms with Crippen LogP contribution in [0.3, 0.4) is 0 Å². The van der Waals surface area contributed by atoms with Crippen molar-refractivity contribution >= 4 is 10.9 Å². The lowest BCUT2D eigenvalue weighted by Crippen LogP contribution is -2.20. The number of rotatable bonds is 7. The molecule has 0 spiro atoms. The van der Waals surface area contributed by atoms with Gasteiger partial charge in [0.05, 0.1) is 17.3 Å². The Morgan fingerprint density at radius 2 is 1.95 bits per heavy atom. The highest BCUT2D eigenvalue weighted by atomic mass is 16.5. The third-order valence-corrected chi connectivity index (χ3v) is 3.49. The Morgan fingerprint density at radius 3 is 2.67 bits per heavy atom. The van der Waals surface area contributed by atoms with Crippen molar-refractivity contribution in [3.63, 3.8) is 0 Å². The van der Waals surface area contributed by atoms with Crippen LogP contribution in [-0.2, 0) is 6.54 Å². The summed E-state index contributed by atoms with van der Waals surface area (Å²) >= 11 is 0. The van der Waals surface area contributed by atoms with Crippen LogP contribution in [0.2, 0.25) is 0 Å². The molecule has 0 aliphatic carbocycles. The molecule has 1 aromatic heterocycles. The molecule has 0 fully saturated rings. The fourth-order valence-corrected chi connectivity index (χ4v) is 2.17. The van der Waals surface area contributed by atoms with E-state index < -0.39 is 0 Å². The number of fused-ring (bicyclic) bond motifs is 1. The SMILES string of the molecule is CCC(C)Oc1cc(CNCC(C)C)nc2ccccc12. The fraction of sp³-hybridized carbons (Fsp3) is 0.500. The van der Waals surface area contributed by atoms with Crippen molar-refractivity contribution in [2.45, 2.75) is 46.8 Å². The van der Waals surface area contributed by atoms with Gasteiger partial charge < -0.3 is 10.1 Å². The van der Waals surface area contributed by atoms with Gasteiger partial charge in [0.1, 0.15) is 5.75 Å². The first-order valence-corrected chi connectivity index (χ1v) is 7.86. The summed E-state index contributed by atoms with van der Waals surface area (Å²) in [6.07, 6.45) is 1.21. The van der Waals surface area contributed by atoms with Crippen LogP contribution in [0.15, 0.2) is 30.3 Å². The molecule has 0 amide bonds. The number of hydrogen-bond acceptors (Lipinski definition) is 3. The van der Waals surface area contributed by atoms with Gasteiger partial charge in [0.2, 0.25) is 0 Å². The second kappa shape index (κ2) is 7.41. The molecular formula is C18H26N2O. The zero-order valence-corrected chi connectivity index (χ0v) is 13.5. The molecule has 0 aliphatic rings. The van der Waals surface area contributed by atoms with Crippen LogP contribution >= 0.6 is 0 Å². The molecule has 3 nitrogen and oxygen atoms in total. The molecule has 0 saturated heterocycles. The van der Waals surface area contributed by atoms with Gasteiger partial charge in [-0.1, -0.05) is 32.9 Å². The number of aromatic nitrogens is 1. The van der Waals surface area contributed by atoms with Crippen LogP contribution in [0.1, 0.15) is 39.8 Å². The molecule has 0 radical (unpaired) electrons. The van der Waals surface area contributed by atoms with E-state index in [0.717, 1.165) is 41.9 Å². The first-order chi connectivity index (χ1) is 10.1. The van der Waals surface area contributed by atoms with Gasteiger partial charge in [0.15, 0.2) is 0 Å². The first-order valence-electron chi connectivity index (χ1n) is 7.86. The summed E-state index contributed by atoms with van der Waals surface area (Å²) in [6.45, 7) is 10.4. The van der Waals surface area contributed by atoms with Crippen molar-refractivity contribution in [2.75, 3.05) is 6.54 Å². The maximum Gasteiger partial charge on any atom is 0.130 e. The van der Waals surface area contributed by atoms with Crippen molar-refractivity contribution < 1.29 is 4.74 Å². The summed E-state index contributed by atoms with van der Waals surface area (Å²) in [5.41, 5.74) is 2.03. The highest BCUT2D eigenvalue weighted by Gasteiger charge is 2.09. The van der Waals surface area contributed by atoms with Crippen molar-refractivity contribution in [1.29, 1.82) is 0 Å². The topological polar surface area (TPSA) is 34.1 Å². The van der Waals surface area contributed by atoms with Crippen molar-refractivity contribution in [1.82, 2.24) is 10.3 Å². The molecule has 2 aromatic rings. The highest BCUT2D eigenvalue weighted by Crippen LogP contribution is 2.26. The van der Waals surface area contributed by atoms with Crippen LogP contribution in [-0.4, -0.2) is 17.6 Å². The number of nitrogens with zero attached hydrogens (tertiary/aromatic N) is 1. The predicted molar refractivity (Wildman–Crippen MR) is 88.7 cm³/mol. The van der Waals surface area contributed by atoms with Crippen LogP contribution in [0.25, 0.3) is 10.9 Å². The van der Waals surface area contributed by atoms with E-state index in [4.69, 9.17) is 9.72 Å². The van der Waals surface area contributed by atoms with Gasteiger partial charge in [0.25, 0.3) is 0 Å². The average molecular weight is 286 g/mol. The maximum absolute atomic E-state index is 6.08. The molecule has 1 heterocycles. The molecular weight excluding hydrogens is 260 g/mol. The minimum absolute atomic E-state index is 0.215. The maximum atomic E-state index is 6.08. The largest absolute Gasteiger partial charge is 0.490 e. The zero-order valence-electron chi connectivity index (χ0n) is 13.5. The Balaban J connectivity index is 2.26. The molecule has 1 atom stereocenters. The zero-order chi connectivity index (χ0) is 15.2. The van der Waals surface area contributed by atoms with E-state index in [1.807, 2.05) is 18.2 Å². The number of pyridine rings is 1. The Kier molecular flexibility index (Phi) is 5.57. The first kappa shape index (κ1) is 15.8. The summed E-state index contributed by atoms with van der Waals surface area (Å²) in [4.78, 5) is 4.72. The third kappa shape index (κ3) is 4.43. The van der Waals surface area contributed by atoms with Crippen LogP contribution < -0.4 is 10.1 Å². The molecule has 1 aromatic carbocycles. The number of hydrogen-bond donors (Lipinski definition) is 1. The van der Waals surface area contributed by atoms with Crippen molar-refractivity contribution in [3.8, 4) is 5.75 Å². The Labute approximate surface area is 127 Å². The van der Waals surface area contributed by atoms with Gasteiger partial charge in [-0.3, -0.25) is 4.98 Å². The highest BCUT2D eigenvalue weighted by molar-refractivity contribution is 5.85. The van der Waals surface area contributed by atoms with Gasteiger partial charge >= 0.3 is 0 Å². The third-order valence-electron chi connectivity index (χ3n) is 3.49. The quantitative estimate of drug-likeness (QED) is 0.830. The number of ether oxygens (including phenoxy) is 1. The molecule has 114 valence electrons. The molecule has 0 aliphatic heterocycles. The molecule has 1 N–H and O–H groups in total. The van der Waals surface area contributed by atoms with Crippen molar-refractivity contribution in [3.05, 3.63) is 36.0 Å². The van der Waals surface area contributed by atoms with E-state index in [2.05, 4.69) is 45.1 Å². The lowest BCUT2D eigenvalue weighted by molar-refractivity contribution is 0.220. The predicted octanol–water partition coefficient (Wildman–Crippen LogP) is 4.16. The molecule has 1 unspecified atom stereocenters. The second-order valence-electron chi connectivity index (χ2n) is 5.99. The Morgan fingerprint density at radius 1 is 1.19 bits per heavy atom. The molecule has 0 bridgehead atoms. The minimum Gasteiger partial charge on any atom is -0.490 e. The van der Waals surface area contributed by atoms with E-state index in [9.17, 15) is 0 Å². The molecule has 3 heteroatoms. The van der Waals surface area contributed by atoms with E-state index in [0.29, 0.717) is 5.92 Å². The second-order valence-corrected chi connectivity index (χ2v) is 5.99. The summed E-state index contributed by atoms with van der Waals surface area (Å²) in [6, 6.07) is 10.2. The van der Waals surface area contributed by atoms with Crippen LogP contribution in [0.4, 0.5) is 0 Å².